The van der Waals surface area contributed by atoms with Crippen molar-refractivity contribution in [3.63, 3.8) is 0 Å². The molecule has 0 aromatic heterocycles. The van der Waals surface area contributed by atoms with Crippen LogP contribution in [0.5, 0.6) is 0 Å². The average molecular weight is 475 g/mol. The van der Waals surface area contributed by atoms with Gasteiger partial charge in [0.15, 0.2) is 0 Å². The van der Waals surface area contributed by atoms with Crippen LogP contribution in [0.25, 0.3) is 0 Å². The zero-order chi connectivity index (χ0) is 24.1. The molecule has 12 nitrogen and oxygen atoms in total. The molecular weight excluding hydrogens is 440 g/mol. The fourth-order valence-electron chi connectivity index (χ4n) is 3.22. The Bertz CT molecular complexity index is 673. The van der Waals surface area contributed by atoms with Crippen LogP contribution in [0, 0.1) is 0 Å². The van der Waals surface area contributed by atoms with Crippen molar-refractivity contribution in [2.75, 3.05) is 18.8 Å². The van der Waals surface area contributed by atoms with E-state index in [9.17, 15) is 29.1 Å². The summed E-state index contributed by atoms with van der Waals surface area (Å²) in [7, 11) is 0. The van der Waals surface area contributed by atoms with Gasteiger partial charge in [0.25, 0.3) is 0 Å². The molecule has 1 aliphatic heterocycles. The Morgan fingerprint density at radius 1 is 1.00 bits per heavy atom. The summed E-state index contributed by atoms with van der Waals surface area (Å²) in [5.74, 6) is -3.73. The summed E-state index contributed by atoms with van der Waals surface area (Å²) in [6, 6.07) is -3.80. The normalized spacial score (nSPS) is 18.2. The Morgan fingerprint density at radius 3 is 2.19 bits per heavy atom. The minimum atomic E-state index is -1.20. The number of carboxylic acids is 1. The number of nitrogens with one attached hydrogen (secondary N) is 4. The molecule has 182 valence electrons. The molecule has 9 N–H and O–H groups in total. The minimum Gasteiger partial charge on any atom is -0.480 e. The van der Waals surface area contributed by atoms with Gasteiger partial charge in [-0.25, -0.2) is 4.79 Å². The van der Waals surface area contributed by atoms with Gasteiger partial charge in [-0.05, 0) is 51.6 Å². The van der Waals surface area contributed by atoms with E-state index in [-0.39, 0.29) is 30.9 Å². The van der Waals surface area contributed by atoms with Crippen LogP contribution >= 0.6 is 12.6 Å². The van der Waals surface area contributed by atoms with Crippen LogP contribution in [-0.4, -0.2) is 77.7 Å². The Labute approximate surface area is 192 Å². The molecule has 4 atom stereocenters. The van der Waals surface area contributed by atoms with E-state index >= 15 is 0 Å². The highest BCUT2D eigenvalue weighted by atomic mass is 32.1. The van der Waals surface area contributed by atoms with Crippen molar-refractivity contribution >= 4 is 42.2 Å². The largest absolute Gasteiger partial charge is 0.480 e. The lowest BCUT2D eigenvalue weighted by Gasteiger charge is -2.24. The quantitative estimate of drug-likeness (QED) is 0.0946. The first kappa shape index (κ1) is 27.7. The van der Waals surface area contributed by atoms with Crippen molar-refractivity contribution in [1.29, 1.82) is 0 Å². The molecule has 13 heteroatoms. The third kappa shape index (κ3) is 9.83. The minimum absolute atomic E-state index is 0.0443. The number of aliphatic carboxylic acids is 1. The SMILES string of the molecule is NCCCCC(NC(=O)C(CS)NC(=O)C(CCC(N)=O)NC(=O)C1CCCN1)C(=O)O. The predicted octanol–water partition coefficient (Wildman–Crippen LogP) is -2.40. The standard InChI is InChI=1S/C19H34N6O6S/c20-8-2-1-4-13(19(30)31)24-18(29)14(10-32)25-17(28)12(6-7-15(21)26)23-16(27)11-5-3-9-22-11/h11-14,22,32H,1-10,20H2,(H2,21,26)(H,23,27)(H,24,29)(H,25,28)(H,30,31). The number of amides is 4. The molecule has 0 radical (unpaired) electrons. The van der Waals surface area contributed by atoms with E-state index in [1.165, 1.54) is 0 Å². The zero-order valence-electron chi connectivity index (χ0n) is 18.0. The number of carbonyl (C=O) groups is 5. The van der Waals surface area contributed by atoms with E-state index in [2.05, 4.69) is 33.9 Å². The molecule has 0 saturated carbocycles. The van der Waals surface area contributed by atoms with Gasteiger partial charge < -0.3 is 37.8 Å². The third-order valence-electron chi connectivity index (χ3n) is 5.07. The summed E-state index contributed by atoms with van der Waals surface area (Å²) in [4.78, 5) is 60.3. The van der Waals surface area contributed by atoms with Gasteiger partial charge in [0.2, 0.25) is 23.6 Å². The third-order valence-corrected chi connectivity index (χ3v) is 5.43. The molecule has 4 unspecified atom stereocenters. The highest BCUT2D eigenvalue weighted by Crippen LogP contribution is 2.07. The van der Waals surface area contributed by atoms with Gasteiger partial charge in [-0.3, -0.25) is 19.2 Å². The van der Waals surface area contributed by atoms with E-state index in [1.54, 1.807) is 0 Å². The molecule has 0 aliphatic carbocycles. The number of hydrogen-bond donors (Lipinski definition) is 8. The second-order valence-corrected chi connectivity index (χ2v) is 8.01. The maximum atomic E-state index is 12.8. The zero-order valence-corrected chi connectivity index (χ0v) is 18.9. The molecule has 0 aromatic rings. The van der Waals surface area contributed by atoms with E-state index in [1.807, 2.05) is 0 Å². The molecule has 0 bridgehead atoms. The molecule has 1 fully saturated rings. The molecule has 4 amide bonds. The summed E-state index contributed by atoms with van der Waals surface area (Å²) in [6.07, 6.45) is 2.59. The highest BCUT2D eigenvalue weighted by Gasteiger charge is 2.31. The van der Waals surface area contributed by atoms with Gasteiger partial charge in [-0.2, -0.15) is 12.6 Å². The number of nitrogens with two attached hydrogens (primary N) is 2. The average Bonchev–Trinajstić information content (AvgIpc) is 3.28. The topological polar surface area (TPSA) is 206 Å². The molecule has 0 aromatic carbocycles. The van der Waals surface area contributed by atoms with Gasteiger partial charge in [0, 0.05) is 12.2 Å². The first-order valence-electron chi connectivity index (χ1n) is 10.7. The van der Waals surface area contributed by atoms with Crippen LogP contribution in [0.3, 0.4) is 0 Å². The van der Waals surface area contributed by atoms with Gasteiger partial charge in [-0.1, -0.05) is 0 Å². The highest BCUT2D eigenvalue weighted by molar-refractivity contribution is 7.80. The first-order valence-corrected chi connectivity index (χ1v) is 11.3. The molecule has 1 heterocycles. The van der Waals surface area contributed by atoms with Crippen LogP contribution in [-0.2, 0) is 24.0 Å². The first-order chi connectivity index (χ1) is 15.2. The van der Waals surface area contributed by atoms with Crippen LogP contribution in [0.1, 0.15) is 44.9 Å². The summed E-state index contributed by atoms with van der Waals surface area (Å²) in [5, 5.41) is 19.8. The summed E-state index contributed by atoms with van der Waals surface area (Å²) < 4.78 is 0. The van der Waals surface area contributed by atoms with Gasteiger partial charge in [-0.15, -0.1) is 0 Å². The molecule has 1 saturated heterocycles. The molecule has 32 heavy (non-hydrogen) atoms. The number of carboxylic acid groups (broad SMARTS) is 1. The maximum Gasteiger partial charge on any atom is 0.326 e. The van der Waals surface area contributed by atoms with Crippen molar-refractivity contribution in [1.82, 2.24) is 21.3 Å². The fourth-order valence-corrected chi connectivity index (χ4v) is 3.48. The number of hydrogen-bond acceptors (Lipinski definition) is 8. The summed E-state index contributed by atoms with van der Waals surface area (Å²) in [6.45, 7) is 1.10. The number of thiol groups is 1. The number of unbranched alkanes of at least 4 members (excludes halogenated alkanes) is 1. The predicted molar refractivity (Wildman–Crippen MR) is 120 cm³/mol. The lowest BCUT2D eigenvalue weighted by atomic mass is 10.1. The monoisotopic (exact) mass is 474 g/mol. The summed E-state index contributed by atoms with van der Waals surface area (Å²) >= 11 is 4.07. The Morgan fingerprint density at radius 2 is 1.66 bits per heavy atom. The van der Waals surface area contributed by atoms with E-state index in [4.69, 9.17) is 11.5 Å². The fraction of sp³-hybridized carbons (Fsp3) is 0.737. The van der Waals surface area contributed by atoms with Crippen LogP contribution in [0.2, 0.25) is 0 Å². The van der Waals surface area contributed by atoms with Crippen LogP contribution in [0.15, 0.2) is 0 Å². The molecular formula is C19H34N6O6S. The van der Waals surface area contributed by atoms with E-state index in [0.29, 0.717) is 32.4 Å². The van der Waals surface area contributed by atoms with Gasteiger partial charge in [0.05, 0.1) is 6.04 Å². The lowest BCUT2D eigenvalue weighted by molar-refractivity contribution is -0.142. The lowest BCUT2D eigenvalue weighted by Crippen LogP contribution is -2.57. The Balaban J connectivity index is 2.77. The van der Waals surface area contributed by atoms with Crippen molar-refractivity contribution in [3.05, 3.63) is 0 Å². The van der Waals surface area contributed by atoms with Gasteiger partial charge >= 0.3 is 5.97 Å². The van der Waals surface area contributed by atoms with E-state index < -0.39 is 47.9 Å². The molecule has 0 spiro atoms. The molecule has 1 rings (SSSR count). The van der Waals surface area contributed by atoms with Crippen molar-refractivity contribution in [2.24, 2.45) is 11.5 Å². The van der Waals surface area contributed by atoms with E-state index in [0.717, 1.165) is 6.42 Å². The number of carbonyl (C=O) groups excluding carboxylic acids is 4. The second kappa shape index (κ2) is 14.6. The van der Waals surface area contributed by atoms with Crippen LogP contribution < -0.4 is 32.7 Å². The summed E-state index contributed by atoms with van der Waals surface area (Å²) in [5.41, 5.74) is 10.6. The smallest absolute Gasteiger partial charge is 0.326 e. The Hall–Kier alpha value is -2.38. The second-order valence-electron chi connectivity index (χ2n) is 7.64. The number of rotatable bonds is 15. The van der Waals surface area contributed by atoms with Gasteiger partial charge in [0.1, 0.15) is 18.1 Å². The van der Waals surface area contributed by atoms with Crippen molar-refractivity contribution in [2.45, 2.75) is 69.1 Å². The molecule has 1 aliphatic rings. The maximum absolute atomic E-state index is 12.8. The van der Waals surface area contributed by atoms with Crippen LogP contribution in [0.4, 0.5) is 0 Å². The number of primary amides is 1. The Kier molecular flexibility index (Phi) is 12.7. The van der Waals surface area contributed by atoms with Crippen molar-refractivity contribution in [3.8, 4) is 0 Å². The van der Waals surface area contributed by atoms with Crippen molar-refractivity contribution < 1.29 is 29.1 Å².